The predicted octanol–water partition coefficient (Wildman–Crippen LogP) is 1.37. The average molecular weight is 305 g/mol. The van der Waals surface area contributed by atoms with E-state index in [1.54, 1.807) is 44.6 Å². The van der Waals surface area contributed by atoms with Crippen LogP contribution in [-0.4, -0.2) is 52.7 Å². The summed E-state index contributed by atoms with van der Waals surface area (Å²) in [5, 5.41) is 10.0. The van der Waals surface area contributed by atoms with Gasteiger partial charge < -0.3 is 14.7 Å². The molecule has 0 fully saturated rings. The van der Waals surface area contributed by atoms with Crippen LogP contribution in [0.25, 0.3) is 0 Å². The molecule has 1 heterocycles. The third-order valence-electron chi connectivity index (χ3n) is 4.02. The van der Waals surface area contributed by atoms with Crippen molar-refractivity contribution in [2.24, 2.45) is 0 Å². The number of carbonyl (C=O) groups excluding carboxylic acids is 1. The van der Waals surface area contributed by atoms with Crippen LogP contribution in [0.5, 0.6) is 0 Å². The maximum Gasteiger partial charge on any atom is 0.332 e. The topological polar surface area (TPSA) is 62.7 Å². The van der Waals surface area contributed by atoms with E-state index in [1.807, 2.05) is 27.7 Å². The second kappa shape index (κ2) is 7.25. The zero-order valence-electron chi connectivity index (χ0n) is 14.4. The molecule has 5 nitrogen and oxygen atoms in total. The van der Waals surface area contributed by atoms with Crippen molar-refractivity contribution >= 4 is 18.9 Å². The maximum atomic E-state index is 12.2. The Labute approximate surface area is 134 Å². The smallest absolute Gasteiger partial charge is 0.332 e. The van der Waals surface area contributed by atoms with Crippen molar-refractivity contribution in [3.8, 4) is 0 Å². The van der Waals surface area contributed by atoms with Crippen molar-refractivity contribution in [3.05, 3.63) is 24.0 Å². The molecule has 6 heteroatoms. The van der Waals surface area contributed by atoms with Crippen LogP contribution >= 0.6 is 0 Å². The highest BCUT2D eigenvalue weighted by atomic mass is 16.5. The molecule has 0 aromatic carbocycles. The number of nitrogens with zero attached hydrogens (tertiary/aromatic N) is 2. The normalized spacial score (nSPS) is 12.1. The molecule has 0 aliphatic carbocycles. The summed E-state index contributed by atoms with van der Waals surface area (Å²) in [7, 11) is 1.55. The quantitative estimate of drug-likeness (QED) is 0.773. The first-order valence-corrected chi connectivity index (χ1v) is 7.61. The molecular formula is C16H26BN2O3. The third-order valence-corrected chi connectivity index (χ3v) is 4.02. The van der Waals surface area contributed by atoms with Crippen LogP contribution in [-0.2, 0) is 4.65 Å². The van der Waals surface area contributed by atoms with Gasteiger partial charge in [-0.3, -0.25) is 9.78 Å². The number of carbonyl (C=O) groups is 1. The number of amides is 1. The molecule has 1 aromatic rings. The highest BCUT2D eigenvalue weighted by molar-refractivity contribution is 6.46. The summed E-state index contributed by atoms with van der Waals surface area (Å²) in [6, 6.07) is 3.47. The molecule has 0 aliphatic rings. The molecule has 0 atom stereocenters. The number of hydrogen-bond donors (Lipinski definition) is 1. The molecule has 121 valence electrons. The first kappa shape index (κ1) is 18.7. The highest BCUT2D eigenvalue weighted by Gasteiger charge is 2.35. The van der Waals surface area contributed by atoms with E-state index in [0.29, 0.717) is 18.8 Å². The van der Waals surface area contributed by atoms with Crippen LogP contribution < -0.4 is 5.46 Å². The molecular weight excluding hydrogens is 279 g/mol. The predicted molar refractivity (Wildman–Crippen MR) is 88.3 cm³/mol. The summed E-state index contributed by atoms with van der Waals surface area (Å²) in [5.41, 5.74) is -0.547. The van der Waals surface area contributed by atoms with Crippen molar-refractivity contribution in [3.63, 3.8) is 0 Å². The summed E-state index contributed by atoms with van der Waals surface area (Å²) in [6.07, 6.45) is 1.59. The largest absolute Gasteiger partial charge is 0.427 e. The second-order valence-corrected chi connectivity index (χ2v) is 6.26. The lowest BCUT2D eigenvalue weighted by molar-refractivity contribution is -0.0893. The molecule has 0 spiro atoms. The molecule has 0 bridgehead atoms. The number of aromatic nitrogens is 1. The number of aliphatic hydroxyl groups is 1. The van der Waals surface area contributed by atoms with E-state index in [2.05, 4.69) is 4.98 Å². The molecule has 1 amide bonds. The fourth-order valence-corrected chi connectivity index (χ4v) is 1.63. The SMILES string of the molecule is CCN(CC)C(=O)c1ccc([B]OC(C)(C)C(C)(C)O)cn1. The molecule has 0 unspecified atom stereocenters. The van der Waals surface area contributed by atoms with E-state index < -0.39 is 11.2 Å². The Morgan fingerprint density at radius 2 is 1.86 bits per heavy atom. The number of rotatable bonds is 7. The first-order chi connectivity index (χ1) is 10.1. The van der Waals surface area contributed by atoms with Crippen LogP contribution in [0.4, 0.5) is 0 Å². The van der Waals surface area contributed by atoms with Crippen LogP contribution in [0, 0.1) is 0 Å². The van der Waals surface area contributed by atoms with Gasteiger partial charge in [0.25, 0.3) is 5.91 Å². The van der Waals surface area contributed by atoms with Gasteiger partial charge in [0, 0.05) is 19.3 Å². The van der Waals surface area contributed by atoms with E-state index >= 15 is 0 Å². The van der Waals surface area contributed by atoms with Crippen molar-refractivity contribution in [2.45, 2.75) is 52.7 Å². The molecule has 1 aromatic heterocycles. The molecule has 0 saturated carbocycles. The zero-order chi connectivity index (χ0) is 17.0. The van der Waals surface area contributed by atoms with E-state index in [1.165, 1.54) is 0 Å². The molecule has 1 N–H and O–H groups in total. The summed E-state index contributed by atoms with van der Waals surface area (Å²) < 4.78 is 5.66. The van der Waals surface area contributed by atoms with E-state index in [0.717, 1.165) is 5.46 Å². The minimum atomic E-state index is -0.977. The Hall–Kier alpha value is -1.40. The maximum absolute atomic E-state index is 12.2. The molecule has 22 heavy (non-hydrogen) atoms. The number of pyridine rings is 1. The van der Waals surface area contributed by atoms with E-state index in [-0.39, 0.29) is 5.91 Å². The van der Waals surface area contributed by atoms with Crippen LogP contribution in [0.15, 0.2) is 18.3 Å². The summed E-state index contributed by atoms with van der Waals surface area (Å²) in [6.45, 7) is 12.2. The van der Waals surface area contributed by atoms with Crippen molar-refractivity contribution in [1.82, 2.24) is 9.88 Å². The molecule has 1 radical (unpaired) electrons. The van der Waals surface area contributed by atoms with Gasteiger partial charge in [0.1, 0.15) is 5.69 Å². The van der Waals surface area contributed by atoms with Gasteiger partial charge >= 0.3 is 7.48 Å². The van der Waals surface area contributed by atoms with Crippen LogP contribution in [0.2, 0.25) is 0 Å². The van der Waals surface area contributed by atoms with Gasteiger partial charge in [0.2, 0.25) is 0 Å². The van der Waals surface area contributed by atoms with Gasteiger partial charge in [-0.05, 0) is 53.1 Å². The standard InChI is InChI=1S/C16H26BN2O3/c1-7-19(8-2)14(20)13-10-9-12(11-18-13)17-22-16(5,6)15(3,4)21/h9-11,21H,7-8H2,1-6H3. The monoisotopic (exact) mass is 305 g/mol. The zero-order valence-corrected chi connectivity index (χ0v) is 14.4. The van der Waals surface area contributed by atoms with Crippen LogP contribution in [0.1, 0.15) is 52.0 Å². The fourth-order valence-electron chi connectivity index (χ4n) is 1.63. The molecule has 1 rings (SSSR count). The van der Waals surface area contributed by atoms with Gasteiger partial charge in [-0.25, -0.2) is 0 Å². The van der Waals surface area contributed by atoms with E-state index in [4.69, 9.17) is 4.65 Å². The lowest BCUT2D eigenvalue weighted by atomic mass is 9.83. The van der Waals surface area contributed by atoms with Crippen molar-refractivity contribution < 1.29 is 14.6 Å². The Bertz CT molecular complexity index is 491. The van der Waals surface area contributed by atoms with Gasteiger partial charge in [0.05, 0.1) is 11.2 Å². The highest BCUT2D eigenvalue weighted by Crippen LogP contribution is 2.24. The summed E-state index contributed by atoms with van der Waals surface area (Å²) >= 11 is 0. The Morgan fingerprint density at radius 1 is 1.27 bits per heavy atom. The van der Waals surface area contributed by atoms with Crippen molar-refractivity contribution in [1.29, 1.82) is 0 Å². The third kappa shape index (κ3) is 4.55. The summed E-state index contributed by atoms with van der Waals surface area (Å²) in [4.78, 5) is 18.1. The number of hydrogen-bond acceptors (Lipinski definition) is 4. The lowest BCUT2D eigenvalue weighted by Gasteiger charge is -2.37. The Kier molecular flexibility index (Phi) is 6.14. The fraction of sp³-hybridized carbons (Fsp3) is 0.625. The minimum Gasteiger partial charge on any atom is -0.427 e. The minimum absolute atomic E-state index is 0.0747. The molecule has 0 aliphatic heterocycles. The molecule has 0 saturated heterocycles. The Morgan fingerprint density at radius 3 is 2.27 bits per heavy atom. The van der Waals surface area contributed by atoms with Gasteiger partial charge in [-0.2, -0.15) is 0 Å². The van der Waals surface area contributed by atoms with Gasteiger partial charge in [-0.1, -0.05) is 6.07 Å². The van der Waals surface area contributed by atoms with Crippen molar-refractivity contribution in [2.75, 3.05) is 13.1 Å². The first-order valence-electron chi connectivity index (χ1n) is 7.61. The second-order valence-electron chi connectivity index (χ2n) is 6.26. The van der Waals surface area contributed by atoms with Gasteiger partial charge in [-0.15, -0.1) is 0 Å². The summed E-state index contributed by atoms with van der Waals surface area (Å²) in [5.74, 6) is -0.0747. The Balaban J connectivity index is 2.72. The van der Waals surface area contributed by atoms with E-state index in [9.17, 15) is 9.90 Å². The average Bonchev–Trinajstić information content (AvgIpc) is 2.45. The van der Waals surface area contributed by atoms with Crippen LogP contribution in [0.3, 0.4) is 0 Å². The lowest BCUT2D eigenvalue weighted by Crippen LogP contribution is -2.49. The van der Waals surface area contributed by atoms with Gasteiger partial charge in [0.15, 0.2) is 0 Å².